The minimum Gasteiger partial charge on any atom is -0.475 e. The average molecular weight is 228 g/mol. The fraction of sp³-hybridized carbons (Fsp3) is 0.583. The van der Waals surface area contributed by atoms with E-state index in [-0.39, 0.29) is 6.10 Å². The first-order valence-electron chi connectivity index (χ1n) is 5.38. The predicted molar refractivity (Wildman–Crippen MR) is 63.6 cm³/mol. The van der Waals surface area contributed by atoms with Crippen molar-refractivity contribution in [1.82, 2.24) is 4.98 Å². The zero-order valence-electron chi connectivity index (χ0n) is 9.59. The van der Waals surface area contributed by atoms with E-state index in [0.717, 1.165) is 24.1 Å². The lowest BCUT2D eigenvalue weighted by Crippen LogP contribution is -2.08. The third-order valence-electron chi connectivity index (χ3n) is 1.93. The molecule has 84 valence electrons. The van der Waals surface area contributed by atoms with E-state index in [1.54, 1.807) is 0 Å². The highest BCUT2D eigenvalue weighted by atomic mass is 35.5. The van der Waals surface area contributed by atoms with Crippen LogP contribution in [0.4, 0.5) is 0 Å². The molecular weight excluding hydrogens is 210 g/mol. The molecule has 0 N–H and O–H groups in total. The van der Waals surface area contributed by atoms with E-state index in [2.05, 4.69) is 11.9 Å². The van der Waals surface area contributed by atoms with Crippen LogP contribution >= 0.6 is 11.6 Å². The van der Waals surface area contributed by atoms with Crippen molar-refractivity contribution in [3.05, 3.63) is 23.4 Å². The van der Waals surface area contributed by atoms with E-state index in [4.69, 9.17) is 16.3 Å². The number of hydrogen-bond acceptors (Lipinski definition) is 2. The first kappa shape index (κ1) is 12.3. The number of halogens is 1. The van der Waals surface area contributed by atoms with E-state index in [1.807, 2.05) is 26.0 Å². The smallest absolute Gasteiger partial charge is 0.214 e. The van der Waals surface area contributed by atoms with Crippen molar-refractivity contribution in [2.75, 3.05) is 0 Å². The topological polar surface area (TPSA) is 22.1 Å². The van der Waals surface area contributed by atoms with Gasteiger partial charge in [-0.3, -0.25) is 0 Å². The molecule has 2 nitrogen and oxygen atoms in total. The molecule has 0 spiro atoms. The predicted octanol–water partition coefficient (Wildman–Crippen LogP) is 3.56. The molecule has 0 aliphatic rings. The third kappa shape index (κ3) is 4.08. The number of aromatic nitrogens is 1. The van der Waals surface area contributed by atoms with Crippen LogP contribution in [-0.4, -0.2) is 11.1 Å². The van der Waals surface area contributed by atoms with Crippen LogP contribution in [0.5, 0.6) is 5.88 Å². The highest BCUT2D eigenvalue weighted by molar-refractivity contribution is 6.17. The molecule has 0 unspecified atom stereocenters. The van der Waals surface area contributed by atoms with E-state index in [0.29, 0.717) is 11.8 Å². The summed E-state index contributed by atoms with van der Waals surface area (Å²) in [6.07, 6.45) is 2.21. The Morgan fingerprint density at radius 2 is 2.13 bits per heavy atom. The standard InChI is InChI=1S/C12H18ClNO/c1-4-5-11-6-10(8-13)7-12(14-11)15-9(2)3/h6-7,9H,4-5,8H2,1-3H3. The van der Waals surface area contributed by atoms with E-state index in [1.165, 1.54) is 0 Å². The zero-order valence-corrected chi connectivity index (χ0v) is 10.3. The van der Waals surface area contributed by atoms with Gasteiger partial charge in [-0.1, -0.05) is 13.3 Å². The molecule has 0 radical (unpaired) electrons. The quantitative estimate of drug-likeness (QED) is 0.718. The van der Waals surface area contributed by atoms with Gasteiger partial charge in [-0.15, -0.1) is 11.6 Å². The van der Waals surface area contributed by atoms with Crippen LogP contribution in [0.1, 0.15) is 38.4 Å². The zero-order chi connectivity index (χ0) is 11.3. The molecule has 1 rings (SSSR count). The number of aryl methyl sites for hydroxylation is 1. The Morgan fingerprint density at radius 1 is 1.40 bits per heavy atom. The number of rotatable bonds is 5. The van der Waals surface area contributed by atoms with Crippen LogP contribution in [0.15, 0.2) is 12.1 Å². The molecule has 1 aromatic rings. The van der Waals surface area contributed by atoms with Crippen LogP contribution in [0.3, 0.4) is 0 Å². The number of nitrogens with zero attached hydrogens (tertiary/aromatic N) is 1. The second-order valence-corrected chi connectivity index (χ2v) is 4.12. The van der Waals surface area contributed by atoms with Gasteiger partial charge in [0, 0.05) is 17.6 Å². The molecule has 15 heavy (non-hydrogen) atoms. The summed E-state index contributed by atoms with van der Waals surface area (Å²) in [5, 5.41) is 0. The SMILES string of the molecule is CCCc1cc(CCl)cc(OC(C)C)n1. The van der Waals surface area contributed by atoms with E-state index >= 15 is 0 Å². The van der Waals surface area contributed by atoms with E-state index in [9.17, 15) is 0 Å². The lowest BCUT2D eigenvalue weighted by molar-refractivity contribution is 0.232. The second kappa shape index (κ2) is 5.96. The van der Waals surface area contributed by atoms with Crippen molar-refractivity contribution in [1.29, 1.82) is 0 Å². The lowest BCUT2D eigenvalue weighted by atomic mass is 10.2. The molecule has 0 atom stereocenters. The maximum atomic E-state index is 5.82. The number of ether oxygens (including phenoxy) is 1. The fourth-order valence-corrected chi connectivity index (χ4v) is 1.54. The van der Waals surface area contributed by atoms with Crippen LogP contribution in [0, 0.1) is 0 Å². The largest absolute Gasteiger partial charge is 0.475 e. The maximum Gasteiger partial charge on any atom is 0.214 e. The molecule has 0 saturated carbocycles. The summed E-state index contributed by atoms with van der Waals surface area (Å²) in [4.78, 5) is 4.43. The Labute approximate surface area is 96.6 Å². The molecule has 0 bridgehead atoms. The highest BCUT2D eigenvalue weighted by Crippen LogP contribution is 2.16. The van der Waals surface area contributed by atoms with Crippen molar-refractivity contribution < 1.29 is 4.74 Å². The Kier molecular flexibility index (Phi) is 4.89. The second-order valence-electron chi connectivity index (χ2n) is 3.86. The molecule has 0 amide bonds. The van der Waals surface area contributed by atoms with Crippen molar-refractivity contribution in [3.8, 4) is 5.88 Å². The van der Waals surface area contributed by atoms with Gasteiger partial charge < -0.3 is 4.74 Å². The summed E-state index contributed by atoms with van der Waals surface area (Å²) < 4.78 is 5.57. The van der Waals surface area contributed by atoms with Gasteiger partial charge in [0.15, 0.2) is 0 Å². The normalized spacial score (nSPS) is 10.7. The summed E-state index contributed by atoms with van der Waals surface area (Å²) in [6.45, 7) is 6.13. The lowest BCUT2D eigenvalue weighted by Gasteiger charge is -2.11. The minimum absolute atomic E-state index is 0.151. The Bertz CT molecular complexity index is 312. The molecule has 1 aromatic heterocycles. The van der Waals surface area contributed by atoms with Crippen LogP contribution in [0.2, 0.25) is 0 Å². The maximum absolute atomic E-state index is 5.82. The van der Waals surface area contributed by atoms with Crippen molar-refractivity contribution >= 4 is 11.6 Å². The number of hydrogen-bond donors (Lipinski definition) is 0. The number of alkyl halides is 1. The van der Waals surface area contributed by atoms with Crippen molar-refractivity contribution in [2.45, 2.75) is 45.6 Å². The van der Waals surface area contributed by atoms with Gasteiger partial charge in [0.2, 0.25) is 5.88 Å². The van der Waals surface area contributed by atoms with Gasteiger partial charge >= 0.3 is 0 Å². The van der Waals surface area contributed by atoms with Gasteiger partial charge in [-0.25, -0.2) is 4.98 Å². The fourth-order valence-electron chi connectivity index (χ4n) is 1.38. The van der Waals surface area contributed by atoms with Gasteiger partial charge in [0.05, 0.1) is 6.10 Å². The molecule has 1 heterocycles. The van der Waals surface area contributed by atoms with Crippen LogP contribution in [-0.2, 0) is 12.3 Å². The summed E-state index contributed by atoms with van der Waals surface area (Å²) in [5.41, 5.74) is 2.14. The molecule has 3 heteroatoms. The van der Waals surface area contributed by atoms with Crippen LogP contribution < -0.4 is 4.74 Å². The molecule has 0 fully saturated rings. The van der Waals surface area contributed by atoms with Crippen molar-refractivity contribution in [2.24, 2.45) is 0 Å². The van der Waals surface area contributed by atoms with E-state index < -0.39 is 0 Å². The summed E-state index contributed by atoms with van der Waals surface area (Å²) in [7, 11) is 0. The molecule has 0 aliphatic carbocycles. The van der Waals surface area contributed by atoms with Crippen LogP contribution in [0.25, 0.3) is 0 Å². The Morgan fingerprint density at radius 3 is 2.67 bits per heavy atom. The van der Waals surface area contributed by atoms with Gasteiger partial charge in [-0.2, -0.15) is 0 Å². The van der Waals surface area contributed by atoms with Gasteiger partial charge in [0.1, 0.15) is 0 Å². The third-order valence-corrected chi connectivity index (χ3v) is 2.24. The molecular formula is C12H18ClNO. The first-order valence-corrected chi connectivity index (χ1v) is 5.91. The molecule has 0 aromatic carbocycles. The minimum atomic E-state index is 0.151. The summed E-state index contributed by atoms with van der Waals surface area (Å²) in [5.74, 6) is 1.19. The van der Waals surface area contributed by atoms with Gasteiger partial charge in [0.25, 0.3) is 0 Å². The van der Waals surface area contributed by atoms with Crippen molar-refractivity contribution in [3.63, 3.8) is 0 Å². The van der Waals surface area contributed by atoms with Gasteiger partial charge in [-0.05, 0) is 31.9 Å². The average Bonchev–Trinajstić information content (AvgIpc) is 2.16. The first-order chi connectivity index (χ1) is 7.15. The molecule has 0 aliphatic heterocycles. The summed E-state index contributed by atoms with van der Waals surface area (Å²) >= 11 is 5.82. The Hall–Kier alpha value is -0.760. The number of pyridine rings is 1. The molecule has 0 saturated heterocycles. The Balaban J connectivity index is 2.89. The highest BCUT2D eigenvalue weighted by Gasteiger charge is 2.04. The monoisotopic (exact) mass is 227 g/mol. The summed E-state index contributed by atoms with van der Waals surface area (Å²) in [6, 6.07) is 3.95.